The maximum atomic E-state index is 4.29. The summed E-state index contributed by atoms with van der Waals surface area (Å²) >= 11 is 0. The van der Waals surface area contributed by atoms with Crippen LogP contribution in [0.1, 0.15) is 22.3 Å². The standard InChI is InChI=1S/C25H27N/c1-19-7-5-9-23(15-19)18-26(4)21(3)17-22-11-13-24(14-12-22)25-10-6-8-20(2)16-25/h5-16H,3,17-18H2,1-2,4H3. The van der Waals surface area contributed by atoms with E-state index in [-0.39, 0.29) is 0 Å². The van der Waals surface area contributed by atoms with Gasteiger partial charge in [0.25, 0.3) is 0 Å². The molecular weight excluding hydrogens is 314 g/mol. The predicted octanol–water partition coefficient (Wildman–Crippen LogP) is 6.16. The molecule has 0 amide bonds. The van der Waals surface area contributed by atoms with Gasteiger partial charge in [0.2, 0.25) is 0 Å². The van der Waals surface area contributed by atoms with E-state index in [1.807, 2.05) is 0 Å². The quantitative estimate of drug-likeness (QED) is 0.519. The van der Waals surface area contributed by atoms with E-state index in [4.69, 9.17) is 0 Å². The minimum absolute atomic E-state index is 0.871. The van der Waals surface area contributed by atoms with E-state index < -0.39 is 0 Å². The molecule has 0 saturated heterocycles. The fourth-order valence-electron chi connectivity index (χ4n) is 3.21. The molecule has 1 heteroatoms. The molecule has 0 aliphatic rings. The average Bonchev–Trinajstić information content (AvgIpc) is 2.62. The second kappa shape index (κ2) is 8.05. The molecule has 0 spiro atoms. The Morgan fingerprint density at radius 2 is 1.42 bits per heavy atom. The first kappa shape index (κ1) is 18.0. The minimum Gasteiger partial charge on any atom is -0.374 e. The molecule has 3 aromatic carbocycles. The summed E-state index contributed by atoms with van der Waals surface area (Å²) in [5.74, 6) is 0. The van der Waals surface area contributed by atoms with Crippen molar-refractivity contribution in [3.8, 4) is 11.1 Å². The monoisotopic (exact) mass is 341 g/mol. The number of rotatable bonds is 6. The number of nitrogens with zero attached hydrogens (tertiary/aromatic N) is 1. The van der Waals surface area contributed by atoms with Crippen LogP contribution < -0.4 is 0 Å². The highest BCUT2D eigenvalue weighted by Gasteiger charge is 2.06. The van der Waals surface area contributed by atoms with E-state index in [0.29, 0.717) is 0 Å². The number of hydrogen-bond donors (Lipinski definition) is 0. The molecule has 0 radical (unpaired) electrons. The summed E-state index contributed by atoms with van der Waals surface area (Å²) in [4.78, 5) is 2.24. The zero-order chi connectivity index (χ0) is 18.5. The largest absolute Gasteiger partial charge is 0.374 e. The topological polar surface area (TPSA) is 3.24 Å². The summed E-state index contributed by atoms with van der Waals surface area (Å²) in [6.07, 6.45) is 0.871. The number of likely N-dealkylation sites (N-methyl/N-ethyl adjacent to an activating group) is 1. The van der Waals surface area contributed by atoms with E-state index in [1.54, 1.807) is 0 Å². The van der Waals surface area contributed by atoms with Crippen molar-refractivity contribution in [3.63, 3.8) is 0 Å². The van der Waals surface area contributed by atoms with E-state index in [2.05, 4.69) is 105 Å². The Balaban J connectivity index is 1.64. The molecule has 3 rings (SSSR count). The van der Waals surface area contributed by atoms with Crippen LogP contribution in [0.5, 0.6) is 0 Å². The Labute approximate surface area is 157 Å². The van der Waals surface area contributed by atoms with Crippen molar-refractivity contribution in [2.45, 2.75) is 26.8 Å². The Morgan fingerprint density at radius 1 is 0.769 bits per heavy atom. The van der Waals surface area contributed by atoms with Crippen molar-refractivity contribution in [2.24, 2.45) is 0 Å². The molecule has 0 aliphatic heterocycles. The number of benzene rings is 3. The molecule has 0 heterocycles. The van der Waals surface area contributed by atoms with Gasteiger partial charge in [0.15, 0.2) is 0 Å². The molecule has 0 saturated carbocycles. The maximum absolute atomic E-state index is 4.29. The van der Waals surface area contributed by atoms with Crippen molar-refractivity contribution in [2.75, 3.05) is 7.05 Å². The Bertz CT molecular complexity index is 890. The number of aryl methyl sites for hydroxylation is 2. The molecule has 0 fully saturated rings. The van der Waals surface area contributed by atoms with E-state index in [1.165, 1.54) is 33.4 Å². The second-order valence-electron chi connectivity index (χ2n) is 7.15. The summed E-state index contributed by atoms with van der Waals surface area (Å²) in [7, 11) is 2.12. The summed E-state index contributed by atoms with van der Waals surface area (Å²) in [5, 5.41) is 0. The third-order valence-electron chi connectivity index (χ3n) is 4.76. The molecule has 132 valence electrons. The van der Waals surface area contributed by atoms with Crippen molar-refractivity contribution in [1.29, 1.82) is 0 Å². The molecule has 0 aliphatic carbocycles. The first-order valence-corrected chi connectivity index (χ1v) is 9.12. The highest BCUT2D eigenvalue weighted by molar-refractivity contribution is 5.64. The summed E-state index contributed by atoms with van der Waals surface area (Å²) in [6.45, 7) is 9.44. The molecule has 0 aromatic heterocycles. The number of hydrogen-bond acceptors (Lipinski definition) is 1. The second-order valence-corrected chi connectivity index (χ2v) is 7.15. The fourth-order valence-corrected chi connectivity index (χ4v) is 3.21. The molecule has 0 N–H and O–H groups in total. The van der Waals surface area contributed by atoms with Crippen molar-refractivity contribution < 1.29 is 0 Å². The summed E-state index contributed by atoms with van der Waals surface area (Å²) < 4.78 is 0. The summed E-state index contributed by atoms with van der Waals surface area (Å²) in [5.41, 5.74) is 8.87. The fraction of sp³-hybridized carbons (Fsp3) is 0.200. The van der Waals surface area contributed by atoms with Gasteiger partial charge in [0.1, 0.15) is 0 Å². The van der Waals surface area contributed by atoms with Crippen LogP contribution in [-0.4, -0.2) is 11.9 Å². The lowest BCUT2D eigenvalue weighted by Crippen LogP contribution is -2.18. The SMILES string of the molecule is C=C(Cc1ccc(-c2cccc(C)c2)cc1)N(C)Cc1cccc(C)c1. The first-order chi connectivity index (χ1) is 12.5. The molecule has 26 heavy (non-hydrogen) atoms. The van der Waals surface area contributed by atoms with Crippen LogP contribution >= 0.6 is 0 Å². The van der Waals surface area contributed by atoms with Gasteiger partial charge in [-0.3, -0.25) is 0 Å². The molecule has 3 aromatic rings. The van der Waals surface area contributed by atoms with Gasteiger partial charge >= 0.3 is 0 Å². The van der Waals surface area contributed by atoms with Gasteiger partial charge in [-0.1, -0.05) is 90.5 Å². The third-order valence-corrected chi connectivity index (χ3v) is 4.76. The first-order valence-electron chi connectivity index (χ1n) is 9.12. The zero-order valence-corrected chi connectivity index (χ0v) is 16.0. The van der Waals surface area contributed by atoms with Crippen LogP contribution in [0.2, 0.25) is 0 Å². The lowest BCUT2D eigenvalue weighted by atomic mass is 10.0. The number of allylic oxidation sites excluding steroid dienone is 1. The normalized spacial score (nSPS) is 10.6. The van der Waals surface area contributed by atoms with E-state index in [9.17, 15) is 0 Å². The molecule has 0 bridgehead atoms. The molecule has 0 atom stereocenters. The Kier molecular flexibility index (Phi) is 5.58. The van der Waals surface area contributed by atoms with Gasteiger partial charge in [-0.2, -0.15) is 0 Å². The van der Waals surface area contributed by atoms with E-state index >= 15 is 0 Å². The van der Waals surface area contributed by atoms with Gasteiger partial charge < -0.3 is 4.90 Å². The minimum atomic E-state index is 0.871. The predicted molar refractivity (Wildman–Crippen MR) is 112 cm³/mol. The van der Waals surface area contributed by atoms with Crippen LogP contribution in [0.4, 0.5) is 0 Å². The Hall–Kier alpha value is -2.80. The van der Waals surface area contributed by atoms with Gasteiger partial charge in [-0.05, 0) is 36.1 Å². The van der Waals surface area contributed by atoms with Crippen molar-refractivity contribution in [3.05, 3.63) is 107 Å². The van der Waals surface area contributed by atoms with Crippen molar-refractivity contribution in [1.82, 2.24) is 4.90 Å². The highest BCUT2D eigenvalue weighted by atomic mass is 15.1. The van der Waals surface area contributed by atoms with Crippen LogP contribution in [0.3, 0.4) is 0 Å². The lowest BCUT2D eigenvalue weighted by molar-refractivity contribution is 0.403. The zero-order valence-electron chi connectivity index (χ0n) is 16.0. The van der Waals surface area contributed by atoms with Gasteiger partial charge in [-0.15, -0.1) is 0 Å². The van der Waals surface area contributed by atoms with Crippen molar-refractivity contribution >= 4 is 0 Å². The van der Waals surface area contributed by atoms with Crippen LogP contribution in [0.25, 0.3) is 11.1 Å². The Morgan fingerprint density at radius 3 is 2.08 bits per heavy atom. The molecule has 0 unspecified atom stereocenters. The van der Waals surface area contributed by atoms with Gasteiger partial charge in [0, 0.05) is 25.7 Å². The summed E-state index contributed by atoms with van der Waals surface area (Å²) in [6, 6.07) is 26.1. The van der Waals surface area contributed by atoms with Crippen LogP contribution in [0, 0.1) is 13.8 Å². The molecular formula is C25H27N. The van der Waals surface area contributed by atoms with E-state index in [0.717, 1.165) is 18.7 Å². The van der Waals surface area contributed by atoms with Gasteiger partial charge in [-0.25, -0.2) is 0 Å². The maximum Gasteiger partial charge on any atom is 0.0423 e. The van der Waals surface area contributed by atoms with Crippen LogP contribution in [-0.2, 0) is 13.0 Å². The van der Waals surface area contributed by atoms with Gasteiger partial charge in [0.05, 0.1) is 0 Å². The average molecular weight is 341 g/mol. The lowest BCUT2D eigenvalue weighted by Gasteiger charge is -2.22. The molecule has 1 nitrogen and oxygen atoms in total. The third kappa shape index (κ3) is 4.64. The van der Waals surface area contributed by atoms with Crippen LogP contribution in [0.15, 0.2) is 85.1 Å². The highest BCUT2D eigenvalue weighted by Crippen LogP contribution is 2.22. The smallest absolute Gasteiger partial charge is 0.0423 e.